The second kappa shape index (κ2) is 7.67. The molecule has 1 saturated heterocycles. The summed E-state index contributed by atoms with van der Waals surface area (Å²) in [6, 6.07) is 2.80. The Bertz CT molecular complexity index is 620. The standard InChI is InChI=1S/C16H20F2N2O4/c1-16(15(22)23-2,12-9-11(17)3-4-13(12)18)19-10-14(21)20-5-7-24-8-6-20/h3-4,9,19H,5-8,10H2,1-2H3. The first-order chi connectivity index (χ1) is 11.4. The van der Waals surface area contributed by atoms with E-state index in [2.05, 4.69) is 5.32 Å². The quantitative estimate of drug-likeness (QED) is 0.802. The Labute approximate surface area is 138 Å². The third-order valence-corrected chi connectivity index (χ3v) is 4.02. The van der Waals surface area contributed by atoms with Gasteiger partial charge in [-0.1, -0.05) is 0 Å². The number of halogens is 2. The third-order valence-electron chi connectivity index (χ3n) is 4.02. The molecule has 0 saturated carbocycles. The first-order valence-corrected chi connectivity index (χ1v) is 7.53. The van der Waals surface area contributed by atoms with Gasteiger partial charge in [-0.25, -0.2) is 13.6 Å². The van der Waals surface area contributed by atoms with E-state index in [1.807, 2.05) is 0 Å². The molecule has 1 amide bonds. The van der Waals surface area contributed by atoms with E-state index in [-0.39, 0.29) is 18.0 Å². The molecule has 1 fully saturated rings. The van der Waals surface area contributed by atoms with Crippen LogP contribution in [0.25, 0.3) is 0 Å². The van der Waals surface area contributed by atoms with Crippen molar-refractivity contribution in [3.63, 3.8) is 0 Å². The maximum atomic E-state index is 14.1. The lowest BCUT2D eigenvalue weighted by Crippen LogP contribution is -2.53. The minimum atomic E-state index is -1.69. The van der Waals surface area contributed by atoms with Gasteiger partial charge in [0.15, 0.2) is 0 Å². The van der Waals surface area contributed by atoms with Crippen molar-refractivity contribution in [1.82, 2.24) is 10.2 Å². The number of nitrogens with zero attached hydrogens (tertiary/aromatic N) is 1. The summed E-state index contributed by atoms with van der Waals surface area (Å²) in [4.78, 5) is 26.0. The number of carbonyl (C=O) groups excluding carboxylic acids is 2. The van der Waals surface area contributed by atoms with Crippen LogP contribution in [-0.2, 0) is 24.6 Å². The number of hydrogen-bond donors (Lipinski definition) is 1. The minimum Gasteiger partial charge on any atom is -0.467 e. The number of carbonyl (C=O) groups is 2. The Morgan fingerprint density at radius 2 is 2.00 bits per heavy atom. The Morgan fingerprint density at radius 1 is 1.33 bits per heavy atom. The third kappa shape index (κ3) is 3.88. The van der Waals surface area contributed by atoms with Gasteiger partial charge in [0.05, 0.1) is 26.9 Å². The van der Waals surface area contributed by atoms with Crippen molar-refractivity contribution >= 4 is 11.9 Å². The Morgan fingerprint density at radius 3 is 2.62 bits per heavy atom. The molecule has 0 aliphatic carbocycles. The predicted octanol–water partition coefficient (Wildman–Crippen LogP) is 0.801. The van der Waals surface area contributed by atoms with E-state index in [1.165, 1.54) is 6.92 Å². The van der Waals surface area contributed by atoms with Crippen molar-refractivity contribution in [2.24, 2.45) is 0 Å². The zero-order valence-corrected chi connectivity index (χ0v) is 13.6. The number of rotatable bonds is 5. The number of ether oxygens (including phenoxy) is 2. The van der Waals surface area contributed by atoms with Crippen molar-refractivity contribution in [2.75, 3.05) is 40.0 Å². The van der Waals surface area contributed by atoms with E-state index < -0.39 is 23.1 Å². The zero-order chi connectivity index (χ0) is 17.7. The van der Waals surface area contributed by atoms with Crippen LogP contribution in [0, 0.1) is 11.6 Å². The first kappa shape index (κ1) is 18.3. The highest BCUT2D eigenvalue weighted by molar-refractivity contribution is 5.84. The summed E-state index contributed by atoms with van der Waals surface area (Å²) in [5.41, 5.74) is -1.91. The van der Waals surface area contributed by atoms with Gasteiger partial charge in [-0.2, -0.15) is 0 Å². The Balaban J connectivity index is 2.20. The Hall–Kier alpha value is -2.06. The fourth-order valence-electron chi connectivity index (χ4n) is 2.54. The van der Waals surface area contributed by atoms with Gasteiger partial charge in [-0.05, 0) is 25.1 Å². The smallest absolute Gasteiger partial charge is 0.330 e. The highest BCUT2D eigenvalue weighted by Gasteiger charge is 2.39. The summed E-state index contributed by atoms with van der Waals surface area (Å²) in [6.07, 6.45) is 0. The Kier molecular flexibility index (Phi) is 5.84. The minimum absolute atomic E-state index is 0.218. The van der Waals surface area contributed by atoms with Gasteiger partial charge < -0.3 is 14.4 Å². The fraction of sp³-hybridized carbons (Fsp3) is 0.500. The SMILES string of the molecule is COC(=O)C(C)(NCC(=O)N1CCOCC1)c1cc(F)ccc1F. The van der Waals surface area contributed by atoms with E-state index >= 15 is 0 Å². The molecule has 8 heteroatoms. The van der Waals surface area contributed by atoms with Crippen LogP contribution >= 0.6 is 0 Å². The number of morpholine rings is 1. The summed E-state index contributed by atoms with van der Waals surface area (Å²) >= 11 is 0. The lowest BCUT2D eigenvalue weighted by molar-refractivity contribution is -0.149. The largest absolute Gasteiger partial charge is 0.467 e. The van der Waals surface area contributed by atoms with Gasteiger partial charge in [0, 0.05) is 18.7 Å². The molecule has 1 aromatic rings. The summed E-state index contributed by atoms with van der Waals surface area (Å²) < 4.78 is 37.5. The maximum Gasteiger partial charge on any atom is 0.330 e. The van der Waals surface area contributed by atoms with Gasteiger partial charge in [0.1, 0.15) is 17.2 Å². The summed E-state index contributed by atoms with van der Waals surface area (Å²) in [7, 11) is 1.14. The molecule has 1 atom stereocenters. The first-order valence-electron chi connectivity index (χ1n) is 7.53. The van der Waals surface area contributed by atoms with Crippen LogP contribution in [0.15, 0.2) is 18.2 Å². The fourth-order valence-corrected chi connectivity index (χ4v) is 2.54. The summed E-state index contributed by atoms with van der Waals surface area (Å²) in [5, 5.41) is 2.72. The van der Waals surface area contributed by atoms with Crippen LogP contribution in [0.1, 0.15) is 12.5 Å². The van der Waals surface area contributed by atoms with Gasteiger partial charge in [0.25, 0.3) is 0 Å². The van der Waals surface area contributed by atoms with Crippen molar-refractivity contribution < 1.29 is 27.8 Å². The monoisotopic (exact) mass is 342 g/mol. The number of esters is 1. The van der Waals surface area contributed by atoms with Crippen LogP contribution in [0.4, 0.5) is 8.78 Å². The molecule has 0 radical (unpaired) electrons. The van der Waals surface area contributed by atoms with Gasteiger partial charge >= 0.3 is 5.97 Å². The molecular formula is C16H20F2N2O4. The molecule has 1 aliphatic heterocycles. The molecule has 1 heterocycles. The highest BCUT2D eigenvalue weighted by Crippen LogP contribution is 2.26. The normalized spacial score (nSPS) is 17.2. The van der Waals surface area contributed by atoms with Crippen molar-refractivity contribution in [1.29, 1.82) is 0 Å². The molecule has 1 N–H and O–H groups in total. The summed E-state index contributed by atoms with van der Waals surface area (Å²) in [6.45, 7) is 2.91. The molecular weight excluding hydrogens is 322 g/mol. The van der Waals surface area contributed by atoms with Gasteiger partial charge in [0.2, 0.25) is 5.91 Å². The van der Waals surface area contributed by atoms with Crippen molar-refractivity contribution in [3.8, 4) is 0 Å². The second-order valence-electron chi connectivity index (χ2n) is 5.59. The number of hydrogen-bond acceptors (Lipinski definition) is 5. The number of amides is 1. The molecule has 24 heavy (non-hydrogen) atoms. The van der Waals surface area contributed by atoms with E-state index in [4.69, 9.17) is 9.47 Å². The van der Waals surface area contributed by atoms with E-state index in [1.54, 1.807) is 4.90 Å². The number of nitrogens with one attached hydrogen (secondary N) is 1. The molecule has 0 spiro atoms. The summed E-state index contributed by atoms with van der Waals surface area (Å²) in [5.74, 6) is -2.54. The predicted molar refractivity (Wildman–Crippen MR) is 81.1 cm³/mol. The molecule has 1 unspecified atom stereocenters. The van der Waals surface area contributed by atoms with E-state index in [0.29, 0.717) is 26.3 Å². The lowest BCUT2D eigenvalue weighted by atomic mass is 9.91. The zero-order valence-electron chi connectivity index (χ0n) is 13.6. The molecule has 1 aromatic carbocycles. The van der Waals surface area contributed by atoms with E-state index in [9.17, 15) is 18.4 Å². The van der Waals surface area contributed by atoms with Crippen molar-refractivity contribution in [3.05, 3.63) is 35.4 Å². The molecule has 132 valence electrons. The average molecular weight is 342 g/mol. The number of benzene rings is 1. The van der Waals surface area contributed by atoms with Crippen LogP contribution in [0.5, 0.6) is 0 Å². The topological polar surface area (TPSA) is 67.9 Å². The van der Waals surface area contributed by atoms with Crippen molar-refractivity contribution in [2.45, 2.75) is 12.5 Å². The average Bonchev–Trinajstić information content (AvgIpc) is 2.61. The van der Waals surface area contributed by atoms with Crippen LogP contribution in [-0.4, -0.2) is 56.7 Å². The van der Waals surface area contributed by atoms with Crippen LogP contribution < -0.4 is 5.32 Å². The molecule has 1 aliphatic rings. The lowest BCUT2D eigenvalue weighted by Gasteiger charge is -2.31. The molecule has 6 nitrogen and oxygen atoms in total. The maximum absolute atomic E-state index is 14.1. The highest BCUT2D eigenvalue weighted by atomic mass is 19.1. The number of methoxy groups -OCH3 is 1. The second-order valence-corrected chi connectivity index (χ2v) is 5.59. The van der Waals surface area contributed by atoms with Crippen LogP contribution in [0.3, 0.4) is 0 Å². The van der Waals surface area contributed by atoms with E-state index in [0.717, 1.165) is 25.3 Å². The van der Waals surface area contributed by atoms with Gasteiger partial charge in [-0.15, -0.1) is 0 Å². The molecule has 0 aromatic heterocycles. The molecule has 2 rings (SSSR count). The molecule has 0 bridgehead atoms. The van der Waals surface area contributed by atoms with Crippen LogP contribution in [0.2, 0.25) is 0 Å². The van der Waals surface area contributed by atoms with Gasteiger partial charge in [-0.3, -0.25) is 10.1 Å².